The summed E-state index contributed by atoms with van der Waals surface area (Å²) in [6.07, 6.45) is 1.11. The number of nitrogens with zero attached hydrogens (tertiary/aromatic N) is 3. The Morgan fingerprint density at radius 2 is 1.88 bits per heavy atom. The van der Waals surface area contributed by atoms with Gasteiger partial charge in [-0.1, -0.05) is 6.07 Å². The number of carbonyl (C=O) groups is 2. The lowest BCUT2D eigenvalue weighted by Gasteiger charge is -2.35. The Labute approximate surface area is 188 Å². The molecule has 2 aliphatic heterocycles. The molecular weight excluding hydrogens is 408 g/mol. The minimum Gasteiger partial charge on any atom is -0.497 e. The molecule has 1 atom stereocenters. The van der Waals surface area contributed by atoms with Gasteiger partial charge in [0.15, 0.2) is 0 Å². The van der Waals surface area contributed by atoms with E-state index in [-0.39, 0.29) is 23.8 Å². The minimum atomic E-state index is -0.266. The van der Waals surface area contributed by atoms with Gasteiger partial charge in [0.2, 0.25) is 11.8 Å². The van der Waals surface area contributed by atoms with Crippen molar-refractivity contribution in [1.82, 2.24) is 14.8 Å². The van der Waals surface area contributed by atoms with Crippen LogP contribution in [0.2, 0.25) is 0 Å². The molecule has 1 aromatic heterocycles. The zero-order chi connectivity index (χ0) is 22.5. The van der Waals surface area contributed by atoms with E-state index in [4.69, 9.17) is 20.2 Å². The summed E-state index contributed by atoms with van der Waals surface area (Å²) in [7, 11) is 1.65. The van der Waals surface area contributed by atoms with Crippen LogP contribution < -0.4 is 10.5 Å². The van der Waals surface area contributed by atoms with Crippen molar-refractivity contribution in [1.29, 1.82) is 0 Å². The van der Waals surface area contributed by atoms with E-state index in [1.54, 1.807) is 7.11 Å². The molecule has 3 heterocycles. The number of rotatable bonds is 6. The topological polar surface area (TPSA) is 98.0 Å². The highest BCUT2D eigenvalue weighted by Gasteiger charge is 2.29. The number of hydrogen-bond donors (Lipinski definition) is 1. The number of pyridine rings is 1. The second-order valence-corrected chi connectivity index (χ2v) is 8.33. The molecule has 2 aliphatic rings. The first-order chi connectivity index (χ1) is 15.5. The van der Waals surface area contributed by atoms with Crippen LogP contribution in [-0.4, -0.2) is 73.0 Å². The summed E-state index contributed by atoms with van der Waals surface area (Å²) in [6, 6.07) is 13.7. The molecule has 2 N–H and O–H groups in total. The van der Waals surface area contributed by atoms with Crippen molar-refractivity contribution in [2.75, 3.05) is 46.4 Å². The fraction of sp³-hybridized carbons (Fsp3) is 0.458. The molecule has 170 valence electrons. The molecule has 32 heavy (non-hydrogen) atoms. The fourth-order valence-electron chi connectivity index (χ4n) is 4.28. The largest absolute Gasteiger partial charge is 0.497 e. The number of piperidine rings is 1. The molecule has 0 spiro atoms. The third kappa shape index (κ3) is 5.26. The number of amides is 2. The van der Waals surface area contributed by atoms with Crippen LogP contribution in [0.15, 0.2) is 42.5 Å². The molecule has 2 fully saturated rings. The number of ether oxygens (including phenoxy) is 2. The van der Waals surface area contributed by atoms with Crippen LogP contribution >= 0.6 is 0 Å². The molecule has 2 amide bonds. The number of benzene rings is 1. The zero-order valence-corrected chi connectivity index (χ0v) is 18.4. The molecule has 8 heteroatoms. The molecule has 0 radical (unpaired) electrons. The first-order valence-electron chi connectivity index (χ1n) is 11.1. The number of likely N-dealkylation sites (tertiary alicyclic amines) is 1. The van der Waals surface area contributed by atoms with Crippen molar-refractivity contribution in [3.05, 3.63) is 48.2 Å². The number of carbonyl (C=O) groups excluding carboxylic acids is 2. The Hall–Kier alpha value is -2.97. The van der Waals surface area contributed by atoms with E-state index < -0.39 is 0 Å². The maximum Gasteiger partial charge on any atom is 0.236 e. The van der Waals surface area contributed by atoms with Gasteiger partial charge in [0.25, 0.3) is 0 Å². The van der Waals surface area contributed by atoms with E-state index in [1.807, 2.05) is 47.4 Å². The van der Waals surface area contributed by atoms with Crippen LogP contribution in [0.4, 0.5) is 0 Å². The molecule has 0 bridgehead atoms. The third-order valence-corrected chi connectivity index (χ3v) is 6.25. The number of aromatic nitrogens is 1. The van der Waals surface area contributed by atoms with Crippen molar-refractivity contribution in [3.8, 4) is 17.0 Å². The van der Waals surface area contributed by atoms with Gasteiger partial charge in [-0.15, -0.1) is 0 Å². The van der Waals surface area contributed by atoms with Gasteiger partial charge in [0.1, 0.15) is 11.9 Å². The molecule has 8 nitrogen and oxygen atoms in total. The van der Waals surface area contributed by atoms with Gasteiger partial charge in [0.05, 0.1) is 31.6 Å². The molecule has 1 unspecified atom stereocenters. The number of morpholine rings is 1. The molecular formula is C24H30N4O4. The summed E-state index contributed by atoms with van der Waals surface area (Å²) in [4.78, 5) is 32.9. The predicted octanol–water partition coefficient (Wildman–Crippen LogP) is 1.85. The standard InChI is InChI=1S/C24H30N4O4/c1-31-19-7-5-17(6-8-19)20-3-2-4-21(26-20)22-15-27(13-14-32-22)16-23(29)28-11-9-18(10-12-28)24(25)30/h2-8,18,22H,9-16H2,1H3,(H2,25,30). The number of hydrogen-bond acceptors (Lipinski definition) is 6. The van der Waals surface area contributed by atoms with E-state index in [0.717, 1.165) is 22.7 Å². The van der Waals surface area contributed by atoms with Gasteiger partial charge in [0, 0.05) is 37.7 Å². The summed E-state index contributed by atoms with van der Waals surface area (Å²) in [5.74, 6) is 0.515. The maximum atomic E-state index is 12.8. The van der Waals surface area contributed by atoms with E-state index in [2.05, 4.69) is 4.90 Å². The van der Waals surface area contributed by atoms with Crippen molar-refractivity contribution in [2.24, 2.45) is 11.7 Å². The average Bonchev–Trinajstić information content (AvgIpc) is 2.84. The number of methoxy groups -OCH3 is 1. The lowest BCUT2D eigenvalue weighted by molar-refractivity contribution is -0.137. The Kier molecular flexibility index (Phi) is 7.02. The molecule has 2 saturated heterocycles. The highest BCUT2D eigenvalue weighted by Crippen LogP contribution is 2.26. The molecule has 4 rings (SSSR count). The van der Waals surface area contributed by atoms with Gasteiger partial charge in [-0.2, -0.15) is 0 Å². The smallest absolute Gasteiger partial charge is 0.236 e. The summed E-state index contributed by atoms with van der Waals surface area (Å²) in [5, 5.41) is 0. The molecule has 0 aliphatic carbocycles. The third-order valence-electron chi connectivity index (χ3n) is 6.25. The minimum absolute atomic E-state index is 0.0912. The van der Waals surface area contributed by atoms with Crippen LogP contribution in [0.25, 0.3) is 11.3 Å². The van der Waals surface area contributed by atoms with Crippen molar-refractivity contribution < 1.29 is 19.1 Å². The van der Waals surface area contributed by atoms with Gasteiger partial charge < -0.3 is 20.1 Å². The van der Waals surface area contributed by atoms with Crippen molar-refractivity contribution in [3.63, 3.8) is 0 Å². The monoisotopic (exact) mass is 438 g/mol. The quantitative estimate of drug-likeness (QED) is 0.739. The van der Waals surface area contributed by atoms with Crippen LogP contribution in [0.5, 0.6) is 5.75 Å². The Morgan fingerprint density at radius 1 is 1.12 bits per heavy atom. The van der Waals surface area contributed by atoms with E-state index in [9.17, 15) is 9.59 Å². The molecule has 2 aromatic rings. The Morgan fingerprint density at radius 3 is 2.56 bits per heavy atom. The van der Waals surface area contributed by atoms with Crippen LogP contribution in [0.3, 0.4) is 0 Å². The summed E-state index contributed by atoms with van der Waals surface area (Å²) >= 11 is 0. The Balaban J connectivity index is 1.36. The average molecular weight is 439 g/mol. The first kappa shape index (κ1) is 22.2. The normalized spacial score (nSPS) is 20.2. The highest BCUT2D eigenvalue weighted by molar-refractivity contribution is 5.80. The van der Waals surface area contributed by atoms with Gasteiger partial charge in [-0.25, -0.2) is 0 Å². The van der Waals surface area contributed by atoms with Crippen molar-refractivity contribution >= 4 is 11.8 Å². The van der Waals surface area contributed by atoms with Gasteiger partial charge in [-0.3, -0.25) is 19.5 Å². The molecule has 1 aromatic carbocycles. The van der Waals surface area contributed by atoms with E-state index in [1.165, 1.54) is 0 Å². The second kappa shape index (κ2) is 10.1. The SMILES string of the molecule is COc1ccc(-c2cccc(C3CN(CC(=O)N4CCC(C(N)=O)CC4)CCO3)n2)cc1. The highest BCUT2D eigenvalue weighted by atomic mass is 16.5. The van der Waals surface area contributed by atoms with Gasteiger partial charge in [-0.05, 0) is 49.2 Å². The van der Waals surface area contributed by atoms with Crippen LogP contribution in [0, 0.1) is 5.92 Å². The van der Waals surface area contributed by atoms with Gasteiger partial charge >= 0.3 is 0 Å². The summed E-state index contributed by atoms with van der Waals surface area (Å²) in [5.41, 5.74) is 8.14. The summed E-state index contributed by atoms with van der Waals surface area (Å²) in [6.45, 7) is 3.40. The second-order valence-electron chi connectivity index (χ2n) is 8.33. The zero-order valence-electron chi connectivity index (χ0n) is 18.4. The van der Waals surface area contributed by atoms with Crippen LogP contribution in [0.1, 0.15) is 24.6 Å². The van der Waals surface area contributed by atoms with E-state index >= 15 is 0 Å². The molecule has 0 saturated carbocycles. The van der Waals surface area contributed by atoms with Crippen molar-refractivity contribution in [2.45, 2.75) is 18.9 Å². The number of primary amides is 1. The predicted molar refractivity (Wildman–Crippen MR) is 120 cm³/mol. The first-order valence-corrected chi connectivity index (χ1v) is 11.1. The summed E-state index contributed by atoms with van der Waals surface area (Å²) < 4.78 is 11.2. The fourth-order valence-corrected chi connectivity index (χ4v) is 4.28. The maximum absolute atomic E-state index is 12.8. The van der Waals surface area contributed by atoms with Crippen LogP contribution in [-0.2, 0) is 14.3 Å². The Bertz CT molecular complexity index is 941. The lowest BCUT2D eigenvalue weighted by atomic mass is 9.96. The van der Waals surface area contributed by atoms with E-state index in [0.29, 0.717) is 52.2 Å². The lowest BCUT2D eigenvalue weighted by Crippen LogP contribution is -2.48. The number of nitrogens with two attached hydrogens (primary N) is 1.